The van der Waals surface area contributed by atoms with Crippen LogP contribution in [0, 0.1) is 0 Å². The maximum absolute atomic E-state index is 12.8. The third kappa shape index (κ3) is 4.34. The number of carbonyl (C=O) groups excluding carboxylic acids is 2. The van der Waals surface area contributed by atoms with Crippen molar-refractivity contribution in [3.8, 4) is 22.7 Å². The number of fused-ring (bicyclic) bond motifs is 1. The van der Waals surface area contributed by atoms with Gasteiger partial charge in [-0.05, 0) is 24.3 Å². The zero-order valence-corrected chi connectivity index (χ0v) is 17.8. The number of hydrogen-bond donors (Lipinski definition) is 1. The number of ether oxygens (including phenoxy) is 1. The molecule has 0 unspecified atom stereocenters. The Morgan fingerprint density at radius 3 is 2.42 bits per heavy atom. The summed E-state index contributed by atoms with van der Waals surface area (Å²) in [6.45, 7) is 0.134. The third-order valence-electron chi connectivity index (χ3n) is 5.44. The number of nitrogens with one attached hydrogen (secondary N) is 1. The molecule has 0 radical (unpaired) electrons. The molecule has 0 atom stereocenters. The number of anilines is 1. The van der Waals surface area contributed by atoms with Gasteiger partial charge in [0, 0.05) is 23.9 Å². The molecule has 0 saturated heterocycles. The largest absolute Gasteiger partial charge is 0.482 e. The number of rotatable bonds is 6. The summed E-state index contributed by atoms with van der Waals surface area (Å²) >= 11 is 0. The van der Waals surface area contributed by atoms with E-state index in [0.29, 0.717) is 11.4 Å². The Kier molecular flexibility index (Phi) is 5.59. The first kappa shape index (κ1) is 20.5. The molecular formula is C26H22N4O3. The molecule has 3 aromatic carbocycles. The minimum absolute atomic E-state index is 0.0767. The molecule has 2 heterocycles. The Bertz CT molecular complexity index is 1290. The maximum Gasteiger partial charge on any atom is 0.265 e. The van der Waals surface area contributed by atoms with E-state index in [-0.39, 0.29) is 31.5 Å². The molecule has 33 heavy (non-hydrogen) atoms. The monoisotopic (exact) mass is 438 g/mol. The van der Waals surface area contributed by atoms with E-state index < -0.39 is 0 Å². The molecule has 164 valence electrons. The van der Waals surface area contributed by atoms with Crippen LogP contribution in [-0.4, -0.2) is 34.7 Å². The van der Waals surface area contributed by atoms with Crippen LogP contribution in [0.4, 0.5) is 5.69 Å². The summed E-state index contributed by atoms with van der Waals surface area (Å²) in [6, 6.07) is 26.9. The Labute approximate surface area is 191 Å². The van der Waals surface area contributed by atoms with Gasteiger partial charge in [-0.15, -0.1) is 0 Å². The Hall–Kier alpha value is -4.39. The van der Waals surface area contributed by atoms with Crippen LogP contribution in [0.1, 0.15) is 5.56 Å². The van der Waals surface area contributed by atoms with Gasteiger partial charge in [-0.3, -0.25) is 14.5 Å². The first-order valence-corrected chi connectivity index (χ1v) is 10.7. The number of amides is 2. The predicted octanol–water partition coefficient (Wildman–Crippen LogP) is 3.58. The van der Waals surface area contributed by atoms with Gasteiger partial charge in [0.25, 0.3) is 5.91 Å². The van der Waals surface area contributed by atoms with E-state index in [1.165, 1.54) is 4.90 Å². The molecule has 1 N–H and O–H groups in total. The van der Waals surface area contributed by atoms with E-state index in [0.717, 1.165) is 22.5 Å². The van der Waals surface area contributed by atoms with Crippen LogP contribution < -0.4 is 15.0 Å². The molecule has 1 aliphatic rings. The van der Waals surface area contributed by atoms with Crippen molar-refractivity contribution in [1.82, 2.24) is 15.1 Å². The zero-order valence-electron chi connectivity index (χ0n) is 17.8. The van der Waals surface area contributed by atoms with Crippen LogP contribution in [0.15, 0.2) is 91.1 Å². The van der Waals surface area contributed by atoms with Gasteiger partial charge in [-0.2, -0.15) is 5.10 Å². The van der Waals surface area contributed by atoms with Gasteiger partial charge >= 0.3 is 0 Å². The van der Waals surface area contributed by atoms with Crippen molar-refractivity contribution in [2.24, 2.45) is 0 Å². The molecule has 7 nitrogen and oxygen atoms in total. The first-order chi connectivity index (χ1) is 16.2. The van der Waals surface area contributed by atoms with Gasteiger partial charge in [0.1, 0.15) is 12.3 Å². The topological polar surface area (TPSA) is 76.5 Å². The zero-order chi connectivity index (χ0) is 22.6. The van der Waals surface area contributed by atoms with Gasteiger partial charge in [0.2, 0.25) is 5.91 Å². The molecular weight excluding hydrogens is 416 g/mol. The van der Waals surface area contributed by atoms with Crippen molar-refractivity contribution < 1.29 is 14.3 Å². The fourth-order valence-electron chi connectivity index (χ4n) is 3.81. The summed E-state index contributed by atoms with van der Waals surface area (Å²) < 4.78 is 7.26. The summed E-state index contributed by atoms with van der Waals surface area (Å²) in [6.07, 6.45) is 1.92. The molecule has 1 aliphatic heterocycles. The van der Waals surface area contributed by atoms with E-state index in [1.807, 2.05) is 83.7 Å². The van der Waals surface area contributed by atoms with Gasteiger partial charge in [0.15, 0.2) is 6.61 Å². The summed E-state index contributed by atoms with van der Waals surface area (Å²) in [7, 11) is 0. The normalized spacial score (nSPS) is 12.7. The maximum atomic E-state index is 12.8. The number of nitrogens with zero attached hydrogens (tertiary/aromatic N) is 3. The summed E-state index contributed by atoms with van der Waals surface area (Å²) in [5.41, 5.74) is 4.18. The van der Waals surface area contributed by atoms with Gasteiger partial charge in [-0.1, -0.05) is 60.7 Å². The molecule has 4 aromatic rings. The molecule has 5 rings (SSSR count). The summed E-state index contributed by atoms with van der Waals surface area (Å²) in [5.74, 6) is 0.0950. The van der Waals surface area contributed by atoms with Crippen LogP contribution in [-0.2, 0) is 16.1 Å². The van der Waals surface area contributed by atoms with Gasteiger partial charge < -0.3 is 10.1 Å². The lowest BCUT2D eigenvalue weighted by Crippen LogP contribution is -2.45. The molecule has 7 heteroatoms. The van der Waals surface area contributed by atoms with Crippen molar-refractivity contribution in [1.29, 1.82) is 0 Å². The fraction of sp³-hybridized carbons (Fsp3) is 0.115. The molecule has 0 bridgehead atoms. The van der Waals surface area contributed by atoms with E-state index in [1.54, 1.807) is 12.1 Å². The SMILES string of the molecule is O=C(CN1C(=O)COc2ccccc21)NCc1cn(-c2ccccc2)nc1-c1ccccc1. The van der Waals surface area contributed by atoms with E-state index in [2.05, 4.69) is 5.32 Å². The van der Waals surface area contributed by atoms with Crippen LogP contribution in [0.2, 0.25) is 0 Å². The smallest absolute Gasteiger partial charge is 0.265 e. The van der Waals surface area contributed by atoms with Crippen molar-refractivity contribution in [2.45, 2.75) is 6.54 Å². The number of carbonyl (C=O) groups is 2. The lowest BCUT2D eigenvalue weighted by molar-refractivity contribution is -0.125. The molecule has 1 aromatic heterocycles. The second kappa shape index (κ2) is 9.00. The van der Waals surface area contributed by atoms with Crippen molar-refractivity contribution >= 4 is 17.5 Å². The standard InChI is InChI=1S/C26H22N4O3/c31-24(17-29-22-13-7-8-14-23(22)33-18-25(29)32)27-15-20-16-30(21-11-5-2-6-12-21)28-26(20)19-9-3-1-4-10-19/h1-14,16H,15,17-18H2,(H,27,31). The Morgan fingerprint density at radius 1 is 0.939 bits per heavy atom. The van der Waals surface area contributed by atoms with Crippen LogP contribution in [0.3, 0.4) is 0 Å². The lowest BCUT2D eigenvalue weighted by atomic mass is 10.1. The highest BCUT2D eigenvalue weighted by molar-refractivity contribution is 6.02. The first-order valence-electron chi connectivity index (χ1n) is 10.7. The number of benzene rings is 3. The van der Waals surface area contributed by atoms with Crippen LogP contribution >= 0.6 is 0 Å². The minimum atomic E-state index is -0.258. The summed E-state index contributed by atoms with van der Waals surface area (Å²) in [4.78, 5) is 26.6. The van der Waals surface area contributed by atoms with E-state index in [9.17, 15) is 9.59 Å². The highest BCUT2D eigenvalue weighted by Crippen LogP contribution is 2.31. The highest BCUT2D eigenvalue weighted by atomic mass is 16.5. The summed E-state index contributed by atoms with van der Waals surface area (Å²) in [5, 5.41) is 7.72. The number of para-hydroxylation sites is 3. The van der Waals surface area contributed by atoms with Crippen molar-refractivity contribution in [3.63, 3.8) is 0 Å². The number of aromatic nitrogens is 2. The molecule has 0 saturated carbocycles. The minimum Gasteiger partial charge on any atom is -0.482 e. The Morgan fingerprint density at radius 2 is 1.64 bits per heavy atom. The molecule has 0 fully saturated rings. The molecule has 0 spiro atoms. The fourth-order valence-corrected chi connectivity index (χ4v) is 3.81. The molecule has 2 amide bonds. The Balaban J connectivity index is 1.36. The highest BCUT2D eigenvalue weighted by Gasteiger charge is 2.27. The van der Waals surface area contributed by atoms with Crippen LogP contribution in [0.25, 0.3) is 16.9 Å². The van der Waals surface area contributed by atoms with Crippen molar-refractivity contribution in [3.05, 3.63) is 96.7 Å². The predicted molar refractivity (Wildman–Crippen MR) is 125 cm³/mol. The van der Waals surface area contributed by atoms with E-state index in [4.69, 9.17) is 9.84 Å². The lowest BCUT2D eigenvalue weighted by Gasteiger charge is -2.28. The van der Waals surface area contributed by atoms with Gasteiger partial charge in [0.05, 0.1) is 17.1 Å². The number of hydrogen-bond acceptors (Lipinski definition) is 4. The quantitative estimate of drug-likeness (QED) is 0.499. The average Bonchev–Trinajstić information content (AvgIpc) is 3.30. The third-order valence-corrected chi connectivity index (χ3v) is 5.44. The van der Waals surface area contributed by atoms with Gasteiger partial charge in [-0.25, -0.2) is 4.68 Å². The second-order valence-electron chi connectivity index (χ2n) is 7.66. The average molecular weight is 438 g/mol. The second-order valence-corrected chi connectivity index (χ2v) is 7.66. The van der Waals surface area contributed by atoms with Crippen LogP contribution in [0.5, 0.6) is 5.75 Å². The van der Waals surface area contributed by atoms with Crippen molar-refractivity contribution in [2.75, 3.05) is 18.1 Å². The molecule has 0 aliphatic carbocycles. The van der Waals surface area contributed by atoms with E-state index >= 15 is 0 Å².